The summed E-state index contributed by atoms with van der Waals surface area (Å²) in [5, 5.41) is 0.747. The standard InChI is InChI=1S/C14H11Cl2I/c15-12-5-1-3-10(7-12)8-14(16)11-4-2-6-13(17)9-11/h1-7,9,14H,8H2. The zero-order valence-electron chi connectivity index (χ0n) is 9.04. The molecule has 0 heterocycles. The van der Waals surface area contributed by atoms with E-state index in [1.54, 1.807) is 0 Å². The Kier molecular flexibility index (Phi) is 4.71. The molecule has 0 amide bonds. The van der Waals surface area contributed by atoms with Crippen molar-refractivity contribution in [2.24, 2.45) is 0 Å². The highest BCUT2D eigenvalue weighted by Crippen LogP contribution is 2.26. The Morgan fingerprint density at radius 2 is 1.82 bits per heavy atom. The molecule has 88 valence electrons. The molecule has 0 fully saturated rings. The molecular formula is C14H11Cl2I. The molecule has 1 atom stereocenters. The van der Waals surface area contributed by atoms with E-state index in [0.29, 0.717) is 0 Å². The van der Waals surface area contributed by atoms with Gasteiger partial charge < -0.3 is 0 Å². The molecule has 0 bridgehead atoms. The van der Waals surface area contributed by atoms with Crippen molar-refractivity contribution in [3.63, 3.8) is 0 Å². The predicted octanol–water partition coefficient (Wildman–Crippen LogP) is 5.47. The van der Waals surface area contributed by atoms with Crippen LogP contribution in [0.5, 0.6) is 0 Å². The van der Waals surface area contributed by atoms with Crippen LogP contribution in [0.2, 0.25) is 5.02 Å². The molecule has 0 aliphatic carbocycles. The van der Waals surface area contributed by atoms with Gasteiger partial charge in [0, 0.05) is 8.59 Å². The van der Waals surface area contributed by atoms with Crippen LogP contribution < -0.4 is 0 Å². The van der Waals surface area contributed by atoms with Crippen LogP contribution in [-0.2, 0) is 6.42 Å². The lowest BCUT2D eigenvalue weighted by atomic mass is 10.0. The summed E-state index contributed by atoms with van der Waals surface area (Å²) in [7, 11) is 0. The van der Waals surface area contributed by atoms with E-state index < -0.39 is 0 Å². The van der Waals surface area contributed by atoms with E-state index in [0.717, 1.165) is 22.6 Å². The first-order valence-electron chi connectivity index (χ1n) is 5.29. The number of hydrogen-bond donors (Lipinski definition) is 0. The molecule has 3 heteroatoms. The first-order chi connectivity index (χ1) is 8.15. The zero-order valence-corrected chi connectivity index (χ0v) is 12.7. The summed E-state index contributed by atoms with van der Waals surface area (Å²) in [6.07, 6.45) is 0.794. The van der Waals surface area contributed by atoms with Crippen LogP contribution in [0.3, 0.4) is 0 Å². The molecule has 0 N–H and O–H groups in total. The molecule has 0 aromatic heterocycles. The third-order valence-corrected chi connectivity index (χ3v) is 3.83. The lowest BCUT2D eigenvalue weighted by Crippen LogP contribution is -1.96. The van der Waals surface area contributed by atoms with Gasteiger partial charge in [0.15, 0.2) is 0 Å². The van der Waals surface area contributed by atoms with Crippen molar-refractivity contribution in [1.82, 2.24) is 0 Å². The second-order valence-electron chi connectivity index (χ2n) is 3.86. The van der Waals surface area contributed by atoms with E-state index in [2.05, 4.69) is 46.9 Å². The van der Waals surface area contributed by atoms with Gasteiger partial charge in [-0.2, -0.15) is 0 Å². The molecule has 2 aromatic carbocycles. The molecular weight excluding hydrogens is 366 g/mol. The van der Waals surface area contributed by atoms with Gasteiger partial charge in [0.05, 0.1) is 5.38 Å². The molecule has 2 aromatic rings. The Morgan fingerprint density at radius 1 is 1.06 bits per heavy atom. The monoisotopic (exact) mass is 376 g/mol. The SMILES string of the molecule is Clc1cccc(CC(Cl)c2cccc(I)c2)c1. The number of halogens is 3. The van der Waals surface area contributed by atoms with Crippen molar-refractivity contribution in [2.45, 2.75) is 11.8 Å². The van der Waals surface area contributed by atoms with Crippen molar-refractivity contribution < 1.29 is 0 Å². The molecule has 0 spiro atoms. The Morgan fingerprint density at radius 3 is 2.53 bits per heavy atom. The molecule has 0 aliphatic rings. The number of benzene rings is 2. The third kappa shape index (κ3) is 3.87. The number of alkyl halides is 1. The average Bonchev–Trinajstić information content (AvgIpc) is 2.29. The van der Waals surface area contributed by atoms with Gasteiger partial charge in [0.1, 0.15) is 0 Å². The lowest BCUT2D eigenvalue weighted by molar-refractivity contribution is 0.919. The van der Waals surface area contributed by atoms with Crippen molar-refractivity contribution in [3.8, 4) is 0 Å². The summed E-state index contributed by atoms with van der Waals surface area (Å²) in [5.41, 5.74) is 2.31. The van der Waals surface area contributed by atoms with Crippen LogP contribution >= 0.6 is 45.8 Å². The minimum Gasteiger partial charge on any atom is -0.117 e. The Labute approximate surface area is 125 Å². The summed E-state index contributed by atoms with van der Waals surface area (Å²) >= 11 is 14.7. The van der Waals surface area contributed by atoms with E-state index in [-0.39, 0.29) is 5.38 Å². The molecule has 0 aliphatic heterocycles. The Hall–Kier alpha value is -0.250. The van der Waals surface area contributed by atoms with Crippen molar-refractivity contribution in [3.05, 3.63) is 68.3 Å². The summed E-state index contributed by atoms with van der Waals surface area (Å²) in [6.45, 7) is 0. The highest BCUT2D eigenvalue weighted by Gasteiger charge is 2.09. The van der Waals surface area contributed by atoms with Crippen molar-refractivity contribution >= 4 is 45.8 Å². The van der Waals surface area contributed by atoms with Crippen LogP contribution in [0.15, 0.2) is 48.5 Å². The quantitative estimate of drug-likeness (QED) is 0.492. The van der Waals surface area contributed by atoms with Crippen molar-refractivity contribution in [2.75, 3.05) is 0 Å². The van der Waals surface area contributed by atoms with E-state index in [4.69, 9.17) is 23.2 Å². The average molecular weight is 377 g/mol. The lowest BCUT2D eigenvalue weighted by Gasteiger charge is -2.10. The molecule has 0 saturated heterocycles. The second kappa shape index (κ2) is 6.07. The summed E-state index contributed by atoms with van der Waals surface area (Å²) in [6, 6.07) is 16.1. The summed E-state index contributed by atoms with van der Waals surface area (Å²) in [5.74, 6) is 0. The highest BCUT2D eigenvalue weighted by atomic mass is 127. The Bertz CT molecular complexity index is 511. The van der Waals surface area contributed by atoms with Crippen LogP contribution in [0.25, 0.3) is 0 Å². The van der Waals surface area contributed by atoms with Crippen molar-refractivity contribution in [1.29, 1.82) is 0 Å². The fourth-order valence-electron chi connectivity index (χ4n) is 1.69. The maximum Gasteiger partial charge on any atom is 0.0625 e. The van der Waals surface area contributed by atoms with Crippen LogP contribution in [0.1, 0.15) is 16.5 Å². The largest absolute Gasteiger partial charge is 0.117 e. The minimum atomic E-state index is -0.0109. The first-order valence-corrected chi connectivity index (χ1v) is 7.18. The van der Waals surface area contributed by atoms with Gasteiger partial charge >= 0.3 is 0 Å². The summed E-state index contributed by atoms with van der Waals surface area (Å²) < 4.78 is 1.21. The maximum atomic E-state index is 6.42. The predicted molar refractivity (Wildman–Crippen MR) is 82.9 cm³/mol. The third-order valence-electron chi connectivity index (χ3n) is 2.51. The first kappa shape index (κ1) is 13.2. The number of rotatable bonds is 3. The molecule has 0 saturated carbocycles. The fraction of sp³-hybridized carbons (Fsp3) is 0.143. The van der Waals surface area contributed by atoms with Gasteiger partial charge in [0.2, 0.25) is 0 Å². The topological polar surface area (TPSA) is 0 Å². The highest BCUT2D eigenvalue weighted by molar-refractivity contribution is 14.1. The summed E-state index contributed by atoms with van der Waals surface area (Å²) in [4.78, 5) is 0. The minimum absolute atomic E-state index is 0.0109. The van der Waals surface area contributed by atoms with Crippen LogP contribution in [-0.4, -0.2) is 0 Å². The molecule has 0 nitrogen and oxygen atoms in total. The molecule has 1 unspecified atom stereocenters. The zero-order chi connectivity index (χ0) is 12.3. The van der Waals surface area contributed by atoms with Crippen LogP contribution in [0, 0.1) is 3.57 Å². The number of hydrogen-bond acceptors (Lipinski definition) is 0. The molecule has 2 rings (SSSR count). The van der Waals surface area contributed by atoms with E-state index in [1.165, 1.54) is 3.57 Å². The van der Waals surface area contributed by atoms with Gasteiger partial charge in [-0.05, 0) is 64.4 Å². The molecule has 0 radical (unpaired) electrons. The van der Waals surface area contributed by atoms with E-state index in [9.17, 15) is 0 Å². The maximum absolute atomic E-state index is 6.42. The fourth-order valence-corrected chi connectivity index (χ4v) is 2.78. The van der Waals surface area contributed by atoms with Gasteiger partial charge in [-0.15, -0.1) is 11.6 Å². The smallest absolute Gasteiger partial charge is 0.0625 e. The van der Waals surface area contributed by atoms with E-state index >= 15 is 0 Å². The van der Waals surface area contributed by atoms with Gasteiger partial charge in [0.25, 0.3) is 0 Å². The van der Waals surface area contributed by atoms with Crippen LogP contribution in [0.4, 0.5) is 0 Å². The van der Waals surface area contributed by atoms with Gasteiger partial charge in [-0.3, -0.25) is 0 Å². The van der Waals surface area contributed by atoms with E-state index in [1.807, 2.05) is 24.3 Å². The molecule has 17 heavy (non-hydrogen) atoms. The second-order valence-corrected chi connectivity index (χ2v) is 6.07. The van der Waals surface area contributed by atoms with Gasteiger partial charge in [-0.1, -0.05) is 35.9 Å². The Balaban J connectivity index is 2.14. The van der Waals surface area contributed by atoms with Gasteiger partial charge in [-0.25, -0.2) is 0 Å². The normalized spacial score (nSPS) is 12.4.